The van der Waals surface area contributed by atoms with E-state index in [0.29, 0.717) is 16.6 Å². The molecule has 2 aromatic carbocycles. The van der Waals surface area contributed by atoms with Gasteiger partial charge in [-0.3, -0.25) is 4.98 Å². The average molecular weight is 485 g/mol. The second-order valence-corrected chi connectivity index (χ2v) is 8.58. The molecule has 2 aromatic heterocycles. The Labute approximate surface area is 206 Å². The van der Waals surface area contributed by atoms with Crippen molar-refractivity contribution < 1.29 is 19.4 Å². The smallest absolute Gasteiger partial charge is 0.335 e. The SMILES string of the molecule is O=C(O)c1ccc(-n2cccc2[C@H]2[C@@H](c3ccccn3)NC(=S)N2c2ccc3c(c2)OCO3)cc1. The van der Waals surface area contributed by atoms with Gasteiger partial charge in [0.25, 0.3) is 0 Å². The Balaban J connectivity index is 1.48. The van der Waals surface area contributed by atoms with Crippen LogP contribution in [0.5, 0.6) is 11.5 Å². The van der Waals surface area contributed by atoms with Crippen LogP contribution in [-0.4, -0.2) is 32.5 Å². The van der Waals surface area contributed by atoms with Crippen LogP contribution in [0.4, 0.5) is 5.69 Å². The average Bonchev–Trinajstić information content (AvgIpc) is 3.62. The Morgan fingerprint density at radius 1 is 1.00 bits per heavy atom. The lowest BCUT2D eigenvalue weighted by molar-refractivity contribution is 0.0697. The van der Waals surface area contributed by atoms with Gasteiger partial charge in [0.05, 0.1) is 17.3 Å². The van der Waals surface area contributed by atoms with Crippen molar-refractivity contribution in [1.29, 1.82) is 0 Å². The zero-order valence-electron chi connectivity index (χ0n) is 18.4. The highest BCUT2D eigenvalue weighted by molar-refractivity contribution is 7.80. The number of carbonyl (C=O) groups is 1. The van der Waals surface area contributed by atoms with Crippen molar-refractivity contribution in [2.75, 3.05) is 11.7 Å². The Bertz CT molecular complexity index is 1420. The van der Waals surface area contributed by atoms with E-state index < -0.39 is 5.97 Å². The normalized spacial score (nSPS) is 18.5. The number of rotatable bonds is 5. The monoisotopic (exact) mass is 484 g/mol. The van der Waals surface area contributed by atoms with Gasteiger partial charge < -0.3 is 29.4 Å². The summed E-state index contributed by atoms with van der Waals surface area (Å²) in [5, 5.41) is 13.3. The maximum Gasteiger partial charge on any atom is 0.335 e. The summed E-state index contributed by atoms with van der Waals surface area (Å²) in [6, 6.07) is 21.9. The summed E-state index contributed by atoms with van der Waals surface area (Å²) >= 11 is 5.82. The van der Waals surface area contributed by atoms with Gasteiger partial charge >= 0.3 is 5.97 Å². The minimum absolute atomic E-state index is 0.191. The second-order valence-electron chi connectivity index (χ2n) is 8.19. The number of fused-ring (bicyclic) bond motifs is 1. The van der Waals surface area contributed by atoms with Crippen molar-refractivity contribution in [3.63, 3.8) is 0 Å². The van der Waals surface area contributed by atoms with Crippen molar-refractivity contribution in [2.45, 2.75) is 12.1 Å². The van der Waals surface area contributed by atoms with Gasteiger partial charge in [0.1, 0.15) is 6.04 Å². The summed E-state index contributed by atoms with van der Waals surface area (Å²) in [5.41, 5.74) is 3.77. The molecular weight excluding hydrogens is 464 g/mol. The van der Waals surface area contributed by atoms with Crippen molar-refractivity contribution in [2.24, 2.45) is 0 Å². The topological polar surface area (TPSA) is 88.8 Å². The van der Waals surface area contributed by atoms with E-state index in [0.717, 1.165) is 22.8 Å². The first-order valence-corrected chi connectivity index (χ1v) is 11.4. The van der Waals surface area contributed by atoms with Crippen LogP contribution in [0.15, 0.2) is 85.2 Å². The molecule has 2 atom stereocenters. The lowest BCUT2D eigenvalue weighted by Crippen LogP contribution is -2.30. The van der Waals surface area contributed by atoms with E-state index in [2.05, 4.69) is 15.2 Å². The van der Waals surface area contributed by atoms with Crippen LogP contribution in [0, 0.1) is 0 Å². The highest BCUT2D eigenvalue weighted by Gasteiger charge is 2.42. The van der Waals surface area contributed by atoms with Crippen LogP contribution >= 0.6 is 12.2 Å². The first-order chi connectivity index (χ1) is 17.1. The molecule has 0 amide bonds. The van der Waals surface area contributed by atoms with Crippen LogP contribution in [-0.2, 0) is 0 Å². The lowest BCUT2D eigenvalue weighted by Gasteiger charge is -2.29. The number of carboxylic acids is 1. The third-order valence-electron chi connectivity index (χ3n) is 6.21. The van der Waals surface area contributed by atoms with Crippen LogP contribution < -0.4 is 19.7 Å². The maximum atomic E-state index is 11.3. The van der Waals surface area contributed by atoms with E-state index in [1.165, 1.54) is 0 Å². The number of nitrogens with zero attached hydrogens (tertiary/aromatic N) is 3. The molecule has 8 nitrogen and oxygen atoms in total. The number of benzene rings is 2. The van der Waals surface area contributed by atoms with E-state index in [1.807, 2.05) is 59.3 Å². The molecule has 6 rings (SSSR count). The summed E-state index contributed by atoms with van der Waals surface area (Å²) in [5.74, 6) is 0.412. The van der Waals surface area contributed by atoms with Crippen LogP contribution in [0.1, 0.15) is 33.8 Å². The third-order valence-corrected chi connectivity index (χ3v) is 6.52. The third kappa shape index (κ3) is 3.66. The molecule has 4 aromatic rings. The van der Waals surface area contributed by atoms with Gasteiger partial charge in [-0.05, 0) is 72.9 Å². The predicted octanol–water partition coefficient (Wildman–Crippen LogP) is 4.48. The minimum Gasteiger partial charge on any atom is -0.478 e. The van der Waals surface area contributed by atoms with Crippen LogP contribution in [0.3, 0.4) is 0 Å². The summed E-state index contributed by atoms with van der Waals surface area (Å²) in [6.45, 7) is 0.191. The zero-order valence-corrected chi connectivity index (χ0v) is 19.2. The Morgan fingerprint density at radius 2 is 1.80 bits per heavy atom. The lowest BCUT2D eigenvalue weighted by atomic mass is 10.0. The summed E-state index contributed by atoms with van der Waals surface area (Å²) in [7, 11) is 0. The number of hydrogen-bond donors (Lipinski definition) is 2. The van der Waals surface area contributed by atoms with Crippen molar-refractivity contribution in [3.05, 3.63) is 102 Å². The molecule has 0 spiro atoms. The van der Waals surface area contributed by atoms with Gasteiger partial charge in [0.2, 0.25) is 6.79 Å². The standard InChI is InChI=1S/C26H20N4O4S/c31-25(32)16-6-8-17(9-7-16)29-13-3-5-20(29)24-23(19-4-1-2-12-27-19)28-26(35)30(24)18-10-11-21-22(14-18)34-15-33-21/h1-14,23-24H,15H2,(H,28,35)(H,31,32)/t23-,24+/m1/s1. The summed E-state index contributed by atoms with van der Waals surface area (Å²) in [6.07, 6.45) is 3.73. The number of ether oxygens (including phenoxy) is 2. The molecule has 0 aliphatic carbocycles. The molecule has 174 valence electrons. The number of anilines is 1. The number of pyridine rings is 1. The Morgan fingerprint density at radius 3 is 2.57 bits per heavy atom. The molecule has 0 unspecified atom stereocenters. The molecule has 4 heterocycles. The molecule has 2 aliphatic rings. The highest BCUT2D eigenvalue weighted by Crippen LogP contribution is 2.44. The molecule has 2 N–H and O–H groups in total. The largest absolute Gasteiger partial charge is 0.478 e. The van der Waals surface area contributed by atoms with Crippen molar-refractivity contribution >= 4 is 29.0 Å². The Hall–Kier alpha value is -4.37. The fourth-order valence-electron chi connectivity index (χ4n) is 4.60. The first-order valence-electron chi connectivity index (χ1n) is 11.0. The number of nitrogens with one attached hydrogen (secondary N) is 1. The maximum absolute atomic E-state index is 11.3. The molecule has 0 radical (unpaired) electrons. The van der Waals surface area contributed by atoms with E-state index in [-0.39, 0.29) is 24.4 Å². The summed E-state index contributed by atoms with van der Waals surface area (Å²) < 4.78 is 13.2. The zero-order chi connectivity index (χ0) is 23.9. The summed E-state index contributed by atoms with van der Waals surface area (Å²) in [4.78, 5) is 18.0. The fourth-order valence-corrected chi connectivity index (χ4v) is 4.95. The van der Waals surface area contributed by atoms with E-state index >= 15 is 0 Å². The molecule has 0 saturated carbocycles. The number of aromatic carboxylic acids is 1. The minimum atomic E-state index is -0.959. The first kappa shape index (κ1) is 21.2. The second kappa shape index (κ2) is 8.44. The number of aromatic nitrogens is 2. The molecule has 2 aliphatic heterocycles. The van der Waals surface area contributed by atoms with Crippen LogP contribution in [0.2, 0.25) is 0 Å². The van der Waals surface area contributed by atoms with Gasteiger partial charge in [-0.25, -0.2) is 4.79 Å². The number of thiocarbonyl (C=S) groups is 1. The van der Waals surface area contributed by atoms with Gasteiger partial charge in [-0.2, -0.15) is 0 Å². The van der Waals surface area contributed by atoms with Gasteiger partial charge in [0.15, 0.2) is 16.6 Å². The molecule has 0 bridgehead atoms. The van der Waals surface area contributed by atoms with E-state index in [4.69, 9.17) is 21.7 Å². The quantitative estimate of drug-likeness (QED) is 0.401. The van der Waals surface area contributed by atoms with Crippen LogP contribution in [0.25, 0.3) is 5.69 Å². The highest BCUT2D eigenvalue weighted by atomic mass is 32.1. The van der Waals surface area contributed by atoms with Crippen molar-refractivity contribution in [3.8, 4) is 17.2 Å². The molecule has 9 heteroatoms. The molecule has 1 saturated heterocycles. The van der Waals surface area contributed by atoms with Gasteiger partial charge in [-0.15, -0.1) is 0 Å². The predicted molar refractivity (Wildman–Crippen MR) is 133 cm³/mol. The molecular formula is C26H20N4O4S. The fraction of sp³-hybridized carbons (Fsp3) is 0.115. The number of carboxylic acid groups (broad SMARTS) is 1. The molecule has 1 fully saturated rings. The van der Waals surface area contributed by atoms with Gasteiger partial charge in [-0.1, -0.05) is 6.07 Å². The number of hydrogen-bond acceptors (Lipinski definition) is 5. The van der Waals surface area contributed by atoms with Gasteiger partial charge in [0, 0.05) is 35.5 Å². The molecule has 35 heavy (non-hydrogen) atoms. The van der Waals surface area contributed by atoms with Crippen molar-refractivity contribution in [1.82, 2.24) is 14.9 Å². The Kier molecular flexibility index (Phi) is 5.11. The van der Waals surface area contributed by atoms with E-state index in [1.54, 1.807) is 30.5 Å². The van der Waals surface area contributed by atoms with E-state index in [9.17, 15) is 9.90 Å².